The van der Waals surface area contributed by atoms with E-state index in [1.807, 2.05) is 6.07 Å². The normalized spacial score (nSPS) is 31.9. The lowest BCUT2D eigenvalue weighted by molar-refractivity contribution is -0.131. The van der Waals surface area contributed by atoms with Gasteiger partial charge in [-0.15, -0.1) is 0 Å². The van der Waals surface area contributed by atoms with Crippen molar-refractivity contribution in [2.24, 2.45) is 29.6 Å². The third-order valence-electron chi connectivity index (χ3n) is 7.19. The molecule has 146 valence electrons. The lowest BCUT2D eigenvalue weighted by atomic mass is 9.76. The third kappa shape index (κ3) is 2.32. The zero-order valence-electron chi connectivity index (χ0n) is 15.4. The minimum Gasteiger partial charge on any atom is -0.507 e. The summed E-state index contributed by atoms with van der Waals surface area (Å²) in [5.74, 6) is 1.21. The largest absolute Gasteiger partial charge is 0.507 e. The van der Waals surface area contributed by atoms with Gasteiger partial charge in [0.1, 0.15) is 11.3 Å². The standard InChI is InChI=1S/C23H18O6/c24-14-8-16(26)15(25)7-13(14)23-22(28)21(27)11-3-1-9(6-17(11)29-23)5-10-2-4-12-19-18(10)20(12)19/h1,3,6-8,10,12,18-20,24,28H,2,4-5H2. The highest BCUT2D eigenvalue weighted by molar-refractivity contribution is 6.48. The van der Waals surface area contributed by atoms with E-state index in [0.717, 1.165) is 47.8 Å². The molecule has 3 unspecified atom stereocenters. The van der Waals surface area contributed by atoms with Gasteiger partial charge in [-0.3, -0.25) is 14.4 Å². The van der Waals surface area contributed by atoms with Gasteiger partial charge in [0.15, 0.2) is 5.76 Å². The second-order valence-corrected chi connectivity index (χ2v) is 8.69. The summed E-state index contributed by atoms with van der Waals surface area (Å²) in [6.07, 6.45) is 5.13. The molecule has 0 spiro atoms. The summed E-state index contributed by atoms with van der Waals surface area (Å²) < 4.78 is 5.76. The quantitative estimate of drug-likeness (QED) is 0.617. The van der Waals surface area contributed by atoms with Crippen molar-refractivity contribution >= 4 is 28.1 Å². The molecule has 1 aromatic carbocycles. The fraction of sp³-hybridized carbons (Fsp3) is 0.348. The van der Waals surface area contributed by atoms with Crippen LogP contribution < -0.4 is 5.43 Å². The van der Waals surface area contributed by atoms with Crippen molar-refractivity contribution in [1.29, 1.82) is 0 Å². The molecule has 7 rings (SSSR count). The third-order valence-corrected chi connectivity index (χ3v) is 7.19. The van der Waals surface area contributed by atoms with Gasteiger partial charge in [0, 0.05) is 12.2 Å². The lowest BCUT2D eigenvalue weighted by Gasteiger charge is -2.29. The molecule has 3 atom stereocenters. The highest BCUT2D eigenvalue weighted by atomic mass is 16.4. The van der Waals surface area contributed by atoms with Crippen LogP contribution in [0.3, 0.4) is 0 Å². The Hall–Kier alpha value is -3.15. The van der Waals surface area contributed by atoms with Crippen LogP contribution in [0.5, 0.6) is 5.75 Å². The zero-order valence-corrected chi connectivity index (χ0v) is 15.4. The molecule has 1 aromatic heterocycles. The van der Waals surface area contributed by atoms with Crippen molar-refractivity contribution in [2.45, 2.75) is 19.3 Å². The summed E-state index contributed by atoms with van der Waals surface area (Å²) in [4.78, 5) is 35.8. The molecule has 4 saturated carbocycles. The molecule has 2 N–H and O–H groups in total. The van der Waals surface area contributed by atoms with Gasteiger partial charge in [0.25, 0.3) is 0 Å². The number of hydrogen-bond acceptors (Lipinski definition) is 6. The van der Waals surface area contributed by atoms with Crippen molar-refractivity contribution in [3.8, 4) is 5.75 Å². The highest BCUT2D eigenvalue weighted by Gasteiger charge is 2.76. The van der Waals surface area contributed by atoms with E-state index in [4.69, 9.17) is 4.42 Å². The first kappa shape index (κ1) is 16.8. The number of rotatable bonds is 3. The molecular weight excluding hydrogens is 372 g/mol. The molecule has 0 amide bonds. The van der Waals surface area contributed by atoms with Crippen molar-refractivity contribution in [1.82, 2.24) is 0 Å². The van der Waals surface area contributed by atoms with Gasteiger partial charge in [-0.25, -0.2) is 0 Å². The van der Waals surface area contributed by atoms with Gasteiger partial charge in [0.05, 0.1) is 11.0 Å². The van der Waals surface area contributed by atoms with Crippen molar-refractivity contribution in [2.75, 3.05) is 0 Å². The number of fused-ring (bicyclic) bond motifs is 3. The van der Waals surface area contributed by atoms with Crippen LogP contribution in [-0.2, 0) is 16.0 Å². The SMILES string of the molecule is O=C1C=C(O)C(c2oc3cc(CC4CCC5C6C4C56)ccc3c(=O)c2O)=CC1=O. The number of allylic oxidation sites excluding steroid dienone is 3. The fourth-order valence-electron chi connectivity index (χ4n) is 5.66. The van der Waals surface area contributed by atoms with Crippen LogP contribution in [0.4, 0.5) is 0 Å². The van der Waals surface area contributed by atoms with Crippen LogP contribution in [0.2, 0.25) is 0 Å². The smallest absolute Gasteiger partial charge is 0.235 e. The lowest BCUT2D eigenvalue weighted by Crippen LogP contribution is -2.22. The average Bonchev–Trinajstić information content (AvgIpc) is 3.60. The molecular formula is C23H18O6. The highest BCUT2D eigenvalue weighted by Crippen LogP contribution is 2.80. The molecule has 29 heavy (non-hydrogen) atoms. The average molecular weight is 390 g/mol. The fourth-order valence-corrected chi connectivity index (χ4v) is 5.66. The molecule has 0 aliphatic heterocycles. The number of aliphatic hydroxyl groups excluding tert-OH is 1. The van der Waals surface area contributed by atoms with Gasteiger partial charge < -0.3 is 14.6 Å². The Morgan fingerprint density at radius 1 is 0.966 bits per heavy atom. The maximum Gasteiger partial charge on any atom is 0.235 e. The summed E-state index contributed by atoms with van der Waals surface area (Å²) in [5, 5.41) is 20.6. The van der Waals surface area contributed by atoms with Gasteiger partial charge in [0.2, 0.25) is 22.7 Å². The molecule has 5 aliphatic rings. The monoisotopic (exact) mass is 390 g/mol. The van der Waals surface area contributed by atoms with E-state index in [2.05, 4.69) is 0 Å². The topological polar surface area (TPSA) is 105 Å². The minimum absolute atomic E-state index is 0.173. The summed E-state index contributed by atoms with van der Waals surface area (Å²) in [6, 6.07) is 5.35. The molecule has 0 saturated heterocycles. The van der Waals surface area contributed by atoms with E-state index >= 15 is 0 Å². The molecule has 2 bridgehead atoms. The van der Waals surface area contributed by atoms with E-state index in [1.54, 1.807) is 12.1 Å². The summed E-state index contributed by atoms with van der Waals surface area (Å²) in [7, 11) is 0. The predicted octanol–water partition coefficient (Wildman–Crippen LogP) is 2.92. The van der Waals surface area contributed by atoms with E-state index in [9.17, 15) is 24.6 Å². The number of hydrogen-bond donors (Lipinski definition) is 2. The van der Waals surface area contributed by atoms with Crippen LogP contribution in [-0.4, -0.2) is 21.8 Å². The Morgan fingerprint density at radius 2 is 1.72 bits per heavy atom. The van der Waals surface area contributed by atoms with E-state index in [-0.39, 0.29) is 22.3 Å². The first-order valence-corrected chi connectivity index (χ1v) is 9.94. The Morgan fingerprint density at radius 3 is 2.48 bits per heavy atom. The van der Waals surface area contributed by atoms with Crippen LogP contribution in [0.25, 0.3) is 16.5 Å². The number of aromatic hydroxyl groups is 1. The maximum atomic E-state index is 12.6. The molecule has 0 radical (unpaired) electrons. The summed E-state index contributed by atoms with van der Waals surface area (Å²) >= 11 is 0. The number of aliphatic hydroxyl groups is 1. The molecule has 6 heteroatoms. The van der Waals surface area contributed by atoms with Gasteiger partial charge in [-0.2, -0.15) is 0 Å². The second-order valence-electron chi connectivity index (χ2n) is 8.69. The number of carbonyl (C=O) groups excluding carboxylic acids is 2. The molecule has 6 nitrogen and oxygen atoms in total. The van der Waals surface area contributed by atoms with Crippen LogP contribution in [0.1, 0.15) is 24.2 Å². The van der Waals surface area contributed by atoms with Gasteiger partial charge in [-0.1, -0.05) is 6.07 Å². The number of carbonyl (C=O) groups is 2. The molecule has 4 fully saturated rings. The zero-order chi connectivity index (χ0) is 20.0. The van der Waals surface area contributed by atoms with Crippen LogP contribution in [0, 0.1) is 29.6 Å². The van der Waals surface area contributed by atoms with Gasteiger partial charge >= 0.3 is 0 Å². The Balaban J connectivity index is 1.40. The van der Waals surface area contributed by atoms with Gasteiger partial charge in [-0.05, 0) is 66.5 Å². The number of ketones is 2. The summed E-state index contributed by atoms with van der Waals surface area (Å²) in [6.45, 7) is 0. The molecule has 5 aliphatic carbocycles. The van der Waals surface area contributed by atoms with Crippen molar-refractivity contribution in [3.05, 3.63) is 57.7 Å². The van der Waals surface area contributed by atoms with E-state index in [0.29, 0.717) is 5.92 Å². The summed E-state index contributed by atoms with van der Waals surface area (Å²) in [5.41, 5.74) is 0.534. The first-order valence-electron chi connectivity index (χ1n) is 9.94. The predicted molar refractivity (Wildman–Crippen MR) is 103 cm³/mol. The van der Waals surface area contributed by atoms with Crippen LogP contribution in [0.15, 0.2) is 45.3 Å². The van der Waals surface area contributed by atoms with E-state index in [1.165, 1.54) is 12.8 Å². The molecule has 2 aromatic rings. The maximum absolute atomic E-state index is 12.6. The second kappa shape index (κ2) is 5.47. The van der Waals surface area contributed by atoms with Crippen molar-refractivity contribution in [3.63, 3.8) is 0 Å². The Bertz CT molecular complexity index is 1240. The van der Waals surface area contributed by atoms with Crippen LogP contribution >= 0.6 is 0 Å². The number of benzene rings is 1. The minimum atomic E-state index is -0.871. The first-order chi connectivity index (χ1) is 13.9. The van der Waals surface area contributed by atoms with Crippen molar-refractivity contribution < 1.29 is 24.2 Å². The Labute approximate surface area is 165 Å². The molecule has 1 heterocycles. The van der Waals surface area contributed by atoms with E-state index < -0.39 is 28.5 Å². The Kier molecular flexibility index (Phi) is 3.16.